The van der Waals surface area contributed by atoms with Crippen molar-refractivity contribution >= 4 is 5.97 Å². The average molecular weight is 230 g/mol. The summed E-state index contributed by atoms with van der Waals surface area (Å²) in [6.07, 6.45) is 0. The zero-order valence-corrected chi connectivity index (χ0v) is 9.05. The molecule has 0 aromatic heterocycles. The van der Waals surface area contributed by atoms with Gasteiger partial charge in [0.15, 0.2) is 11.6 Å². The first-order chi connectivity index (χ1) is 7.60. The smallest absolute Gasteiger partial charge is 0.342 e. The first-order valence-corrected chi connectivity index (χ1v) is 4.89. The molecule has 0 aliphatic carbocycles. The second kappa shape index (κ2) is 5.44. The molecule has 0 saturated carbocycles. The van der Waals surface area contributed by atoms with E-state index in [0.29, 0.717) is 6.07 Å². The van der Waals surface area contributed by atoms with Crippen molar-refractivity contribution in [3.63, 3.8) is 0 Å². The third-order valence-electron chi connectivity index (χ3n) is 1.79. The van der Waals surface area contributed by atoms with Crippen LogP contribution in [0.3, 0.4) is 0 Å². The molecule has 1 rings (SSSR count). The number of benzene rings is 1. The predicted octanol–water partition coefficient (Wildman–Crippen LogP) is 2.54. The van der Waals surface area contributed by atoms with Gasteiger partial charge < -0.3 is 9.47 Å². The van der Waals surface area contributed by atoms with Gasteiger partial charge in [0.1, 0.15) is 11.4 Å². The van der Waals surface area contributed by atoms with Gasteiger partial charge in [-0.15, -0.1) is 0 Å². The molecule has 0 amide bonds. The Kier molecular flexibility index (Phi) is 4.22. The van der Waals surface area contributed by atoms with E-state index in [1.165, 1.54) is 0 Å². The highest BCUT2D eigenvalue weighted by atomic mass is 19.1. The molecule has 3 nitrogen and oxygen atoms in total. The number of halogens is 2. The minimum atomic E-state index is -0.912. The Hall–Kier alpha value is -1.65. The highest BCUT2D eigenvalue weighted by Gasteiger charge is 2.19. The van der Waals surface area contributed by atoms with E-state index in [2.05, 4.69) is 4.74 Å². The van der Waals surface area contributed by atoms with Crippen molar-refractivity contribution in [3.05, 3.63) is 29.3 Å². The normalized spacial score (nSPS) is 10.0. The Labute approximate surface area is 92.0 Å². The molecule has 0 radical (unpaired) electrons. The highest BCUT2D eigenvalue weighted by Crippen LogP contribution is 2.25. The van der Waals surface area contributed by atoms with E-state index in [4.69, 9.17) is 4.74 Å². The van der Waals surface area contributed by atoms with Gasteiger partial charge in [0.2, 0.25) is 0 Å². The molecular weight excluding hydrogens is 218 g/mol. The van der Waals surface area contributed by atoms with Crippen molar-refractivity contribution in [2.24, 2.45) is 0 Å². The largest absolute Gasteiger partial charge is 0.490 e. The molecule has 0 saturated heterocycles. The van der Waals surface area contributed by atoms with E-state index in [1.807, 2.05) is 0 Å². The number of ether oxygens (including phenoxy) is 2. The maximum Gasteiger partial charge on any atom is 0.342 e. The summed E-state index contributed by atoms with van der Waals surface area (Å²) in [7, 11) is 0. The van der Waals surface area contributed by atoms with Gasteiger partial charge in [0, 0.05) is 6.07 Å². The van der Waals surface area contributed by atoms with Crippen LogP contribution in [-0.2, 0) is 4.74 Å². The van der Waals surface area contributed by atoms with Gasteiger partial charge in [-0.1, -0.05) is 0 Å². The van der Waals surface area contributed by atoms with Gasteiger partial charge in [-0.3, -0.25) is 0 Å². The molecule has 0 bridgehead atoms. The van der Waals surface area contributed by atoms with Crippen molar-refractivity contribution in [2.75, 3.05) is 13.2 Å². The maximum atomic E-state index is 13.3. The number of esters is 1. The van der Waals surface area contributed by atoms with Gasteiger partial charge in [-0.25, -0.2) is 13.6 Å². The monoisotopic (exact) mass is 230 g/mol. The summed E-state index contributed by atoms with van der Waals surface area (Å²) in [5, 5.41) is 0. The van der Waals surface area contributed by atoms with Crippen molar-refractivity contribution in [3.8, 4) is 5.75 Å². The summed E-state index contributed by atoms with van der Waals surface area (Å²) in [6, 6.07) is 1.56. The van der Waals surface area contributed by atoms with Crippen molar-refractivity contribution in [1.82, 2.24) is 0 Å². The third kappa shape index (κ3) is 2.68. The fourth-order valence-corrected chi connectivity index (χ4v) is 1.21. The lowest BCUT2D eigenvalue weighted by atomic mass is 10.2. The number of carbonyl (C=O) groups is 1. The molecule has 1 aromatic carbocycles. The van der Waals surface area contributed by atoms with Crippen molar-refractivity contribution in [1.29, 1.82) is 0 Å². The van der Waals surface area contributed by atoms with Crippen molar-refractivity contribution < 1.29 is 23.0 Å². The Morgan fingerprint density at radius 1 is 1.25 bits per heavy atom. The van der Waals surface area contributed by atoms with Crippen LogP contribution < -0.4 is 4.74 Å². The van der Waals surface area contributed by atoms with Crippen LogP contribution in [0.1, 0.15) is 24.2 Å². The van der Waals surface area contributed by atoms with Crippen LogP contribution >= 0.6 is 0 Å². The average Bonchev–Trinajstić information content (AvgIpc) is 2.22. The fraction of sp³-hybridized carbons (Fsp3) is 0.364. The Balaban J connectivity index is 3.17. The zero-order valence-electron chi connectivity index (χ0n) is 9.05. The topological polar surface area (TPSA) is 35.5 Å². The summed E-state index contributed by atoms with van der Waals surface area (Å²) >= 11 is 0. The van der Waals surface area contributed by atoms with Crippen LogP contribution in [0.25, 0.3) is 0 Å². The first kappa shape index (κ1) is 12.4. The molecule has 16 heavy (non-hydrogen) atoms. The van der Waals surface area contributed by atoms with Gasteiger partial charge in [0.05, 0.1) is 13.2 Å². The maximum absolute atomic E-state index is 13.3. The second-order valence-corrected chi connectivity index (χ2v) is 2.92. The second-order valence-electron chi connectivity index (χ2n) is 2.92. The molecule has 5 heteroatoms. The van der Waals surface area contributed by atoms with E-state index in [-0.39, 0.29) is 24.5 Å². The molecule has 0 N–H and O–H groups in total. The molecular formula is C11H12F2O3. The summed E-state index contributed by atoms with van der Waals surface area (Å²) in [5.74, 6) is -2.83. The molecule has 88 valence electrons. The van der Waals surface area contributed by atoms with Crippen LogP contribution in [0, 0.1) is 11.6 Å². The quantitative estimate of drug-likeness (QED) is 0.745. The van der Waals surface area contributed by atoms with Crippen LogP contribution in [0.2, 0.25) is 0 Å². The lowest BCUT2D eigenvalue weighted by molar-refractivity contribution is 0.0520. The highest BCUT2D eigenvalue weighted by molar-refractivity contribution is 5.92. The SMILES string of the molecule is CCOC(=O)c1cc(F)cc(F)c1OCC. The lowest BCUT2D eigenvalue weighted by Gasteiger charge is -2.10. The van der Waals surface area contributed by atoms with E-state index >= 15 is 0 Å². The van der Waals surface area contributed by atoms with Gasteiger partial charge in [-0.05, 0) is 19.9 Å². The Morgan fingerprint density at radius 2 is 1.94 bits per heavy atom. The van der Waals surface area contributed by atoms with Crippen LogP contribution in [0.15, 0.2) is 12.1 Å². The lowest BCUT2D eigenvalue weighted by Crippen LogP contribution is -2.10. The van der Waals surface area contributed by atoms with Gasteiger partial charge in [-0.2, -0.15) is 0 Å². The van der Waals surface area contributed by atoms with E-state index in [9.17, 15) is 13.6 Å². The van der Waals surface area contributed by atoms with Gasteiger partial charge >= 0.3 is 5.97 Å². The van der Waals surface area contributed by atoms with E-state index in [1.54, 1.807) is 13.8 Å². The third-order valence-corrected chi connectivity index (χ3v) is 1.79. The van der Waals surface area contributed by atoms with Crippen LogP contribution in [-0.4, -0.2) is 19.2 Å². The first-order valence-electron chi connectivity index (χ1n) is 4.89. The predicted molar refractivity (Wildman–Crippen MR) is 53.5 cm³/mol. The number of carbonyl (C=O) groups excluding carboxylic acids is 1. The molecule has 1 aromatic rings. The molecule has 0 atom stereocenters. The Bertz CT molecular complexity index is 391. The number of hydrogen-bond acceptors (Lipinski definition) is 3. The Morgan fingerprint density at radius 3 is 2.50 bits per heavy atom. The summed E-state index contributed by atoms with van der Waals surface area (Å²) in [5.41, 5.74) is -0.235. The fourth-order valence-electron chi connectivity index (χ4n) is 1.21. The molecule has 0 spiro atoms. The molecule has 0 aliphatic rings. The zero-order chi connectivity index (χ0) is 12.1. The standard InChI is InChI=1S/C11H12F2O3/c1-3-15-10-8(11(14)16-4-2)5-7(12)6-9(10)13/h5-6H,3-4H2,1-2H3. The molecule has 0 heterocycles. The number of rotatable bonds is 4. The van der Waals surface area contributed by atoms with Gasteiger partial charge in [0.25, 0.3) is 0 Å². The van der Waals surface area contributed by atoms with E-state index in [0.717, 1.165) is 6.07 Å². The molecule has 0 fully saturated rings. The van der Waals surface area contributed by atoms with E-state index < -0.39 is 17.6 Å². The molecule has 0 unspecified atom stereocenters. The number of hydrogen-bond donors (Lipinski definition) is 0. The van der Waals surface area contributed by atoms with Crippen molar-refractivity contribution in [2.45, 2.75) is 13.8 Å². The van der Waals surface area contributed by atoms with Crippen LogP contribution in [0.4, 0.5) is 8.78 Å². The summed E-state index contributed by atoms with van der Waals surface area (Å²) in [4.78, 5) is 11.4. The summed E-state index contributed by atoms with van der Waals surface area (Å²) in [6.45, 7) is 3.54. The minimum absolute atomic E-state index is 0.128. The van der Waals surface area contributed by atoms with Crippen LogP contribution in [0.5, 0.6) is 5.75 Å². The molecule has 0 aliphatic heterocycles. The minimum Gasteiger partial charge on any atom is -0.490 e. The summed E-state index contributed by atoms with van der Waals surface area (Å²) < 4.78 is 35.9.